The van der Waals surface area contributed by atoms with Gasteiger partial charge < -0.3 is 10.5 Å². The summed E-state index contributed by atoms with van der Waals surface area (Å²) >= 11 is 0. The second-order valence-corrected chi connectivity index (χ2v) is 0.394. The summed E-state index contributed by atoms with van der Waals surface area (Å²) in [4.78, 5) is 8.36. The quantitative estimate of drug-likeness (QED) is 0.332. The Morgan fingerprint density at radius 1 is 1.83 bits per heavy atom. The molecule has 0 atom stereocenters. The molecule has 0 rings (SSSR count). The summed E-state index contributed by atoms with van der Waals surface area (Å²) in [6.07, 6.45) is 1.25. The van der Waals surface area contributed by atoms with Crippen LogP contribution in [0, 0.1) is 5.41 Å². The molecule has 6 heavy (non-hydrogen) atoms. The van der Waals surface area contributed by atoms with Gasteiger partial charge in [-0.1, -0.05) is 0 Å². The van der Waals surface area contributed by atoms with Crippen LogP contribution in [0.3, 0.4) is 0 Å². The lowest BCUT2D eigenvalue weighted by atomic mass is 10.9. The zero-order valence-electron chi connectivity index (χ0n) is 3.51. The van der Waals surface area contributed by atoms with Crippen LogP contribution in [0.1, 0.15) is 6.92 Å². The van der Waals surface area contributed by atoms with Crippen LogP contribution < -0.4 is 0 Å². The highest BCUT2D eigenvalue weighted by molar-refractivity contribution is 5.48. The van der Waals surface area contributed by atoms with Crippen LogP contribution in [0.15, 0.2) is 0 Å². The highest BCUT2D eigenvalue weighted by Crippen LogP contribution is 1.17. The van der Waals surface area contributed by atoms with Crippen LogP contribution in [-0.4, -0.2) is 17.8 Å². The number of hydrogen-bond acceptors (Lipinski definition) is 2. The van der Waals surface area contributed by atoms with Gasteiger partial charge in [-0.3, -0.25) is 4.79 Å². The van der Waals surface area contributed by atoms with Gasteiger partial charge in [-0.15, -0.1) is 0 Å². The summed E-state index contributed by atoms with van der Waals surface area (Å²) < 4.78 is 0. The number of hydrogen-bond donors (Lipinski definition) is 2. The van der Waals surface area contributed by atoms with Crippen molar-refractivity contribution < 1.29 is 9.90 Å². The average molecular weight is 89.1 g/mol. The predicted molar refractivity (Wildman–Crippen MR) is 23.2 cm³/mol. The Morgan fingerprint density at radius 3 is 1.83 bits per heavy atom. The highest BCUT2D eigenvalue weighted by atomic mass is 16.3. The standard InChI is InChI=1S/C2H5N.CH2O2/c1-2-3;2-1-3/h2-3H,1H3;1H,(H,2,3). The van der Waals surface area contributed by atoms with Gasteiger partial charge in [0, 0.05) is 0 Å². The molecule has 3 heteroatoms. The van der Waals surface area contributed by atoms with Gasteiger partial charge >= 0.3 is 0 Å². The first-order valence-electron chi connectivity index (χ1n) is 1.36. The molecular formula is C3H7NO2. The van der Waals surface area contributed by atoms with E-state index in [0.29, 0.717) is 0 Å². The Bertz CT molecular complexity index is 29.8. The number of carbonyl (C=O) groups is 1. The van der Waals surface area contributed by atoms with Crippen molar-refractivity contribution in [1.29, 1.82) is 5.41 Å². The Morgan fingerprint density at radius 2 is 1.83 bits per heavy atom. The fourth-order valence-electron chi connectivity index (χ4n) is 0. The average Bonchev–Trinajstić information content (AvgIpc) is 1.39. The van der Waals surface area contributed by atoms with Gasteiger partial charge in [0.05, 0.1) is 0 Å². The normalized spacial score (nSPS) is 4.17. The van der Waals surface area contributed by atoms with Crippen LogP contribution in [0.4, 0.5) is 0 Å². The first-order valence-corrected chi connectivity index (χ1v) is 1.36. The van der Waals surface area contributed by atoms with Crippen molar-refractivity contribution in [3.05, 3.63) is 0 Å². The summed E-state index contributed by atoms with van der Waals surface area (Å²) in [5, 5.41) is 13.0. The van der Waals surface area contributed by atoms with Crippen molar-refractivity contribution in [2.24, 2.45) is 0 Å². The molecule has 2 N–H and O–H groups in total. The minimum absolute atomic E-state index is 0.250. The lowest BCUT2D eigenvalue weighted by Gasteiger charge is -1.34. The summed E-state index contributed by atoms with van der Waals surface area (Å²) in [6.45, 7) is 1.42. The second kappa shape index (κ2) is 31.4. The molecule has 0 aliphatic heterocycles. The maximum atomic E-state index is 8.36. The van der Waals surface area contributed by atoms with E-state index in [9.17, 15) is 0 Å². The molecule has 0 amide bonds. The van der Waals surface area contributed by atoms with Crippen molar-refractivity contribution in [3.8, 4) is 0 Å². The van der Waals surface area contributed by atoms with Crippen LogP contribution in [-0.2, 0) is 4.79 Å². The molecule has 0 spiro atoms. The molecule has 3 nitrogen and oxygen atoms in total. The van der Waals surface area contributed by atoms with E-state index < -0.39 is 0 Å². The lowest BCUT2D eigenvalue weighted by molar-refractivity contribution is -0.122. The van der Waals surface area contributed by atoms with Crippen LogP contribution >= 0.6 is 0 Å². The van der Waals surface area contributed by atoms with Crippen molar-refractivity contribution >= 4 is 12.7 Å². The summed E-state index contributed by atoms with van der Waals surface area (Å²) in [5.74, 6) is 0. The Hall–Kier alpha value is -0.860. The highest BCUT2D eigenvalue weighted by Gasteiger charge is 1.22. The first kappa shape index (κ1) is 8.94. The maximum Gasteiger partial charge on any atom is 0.290 e. The molecule has 36 valence electrons. The van der Waals surface area contributed by atoms with E-state index in [1.807, 2.05) is 0 Å². The molecule has 0 saturated carbocycles. The predicted octanol–water partition coefficient (Wildman–Crippen LogP) is 0.357. The molecular weight excluding hydrogens is 82.0 g/mol. The van der Waals surface area contributed by atoms with Gasteiger partial charge in [-0.05, 0) is 13.1 Å². The zero-order valence-corrected chi connectivity index (χ0v) is 3.51. The van der Waals surface area contributed by atoms with E-state index in [1.54, 1.807) is 6.92 Å². The van der Waals surface area contributed by atoms with Gasteiger partial charge in [0.1, 0.15) is 0 Å². The van der Waals surface area contributed by atoms with E-state index in [4.69, 9.17) is 15.3 Å². The third kappa shape index (κ3) is 19.4. The molecule has 0 aromatic rings. The van der Waals surface area contributed by atoms with E-state index in [2.05, 4.69) is 0 Å². The molecule has 0 aliphatic rings. The van der Waals surface area contributed by atoms with E-state index in [-0.39, 0.29) is 6.47 Å². The van der Waals surface area contributed by atoms with Gasteiger partial charge in [0.15, 0.2) is 0 Å². The van der Waals surface area contributed by atoms with Crippen molar-refractivity contribution in [3.63, 3.8) is 0 Å². The summed E-state index contributed by atoms with van der Waals surface area (Å²) in [7, 11) is 0. The lowest BCUT2D eigenvalue weighted by Crippen LogP contribution is -1.49. The van der Waals surface area contributed by atoms with Crippen molar-refractivity contribution in [2.75, 3.05) is 0 Å². The van der Waals surface area contributed by atoms with Gasteiger partial charge in [-0.2, -0.15) is 0 Å². The number of rotatable bonds is 0. The number of nitrogens with one attached hydrogen (secondary N) is 1. The fraction of sp³-hybridized carbons (Fsp3) is 0.333. The van der Waals surface area contributed by atoms with Crippen LogP contribution in [0.2, 0.25) is 0 Å². The molecule has 0 aliphatic carbocycles. The third-order valence-electron chi connectivity index (χ3n) is 0. The van der Waals surface area contributed by atoms with E-state index in [1.165, 1.54) is 6.21 Å². The minimum Gasteiger partial charge on any atom is -0.483 e. The maximum absolute atomic E-state index is 8.36. The van der Waals surface area contributed by atoms with Crippen LogP contribution in [0.5, 0.6) is 0 Å². The van der Waals surface area contributed by atoms with Crippen molar-refractivity contribution in [1.82, 2.24) is 0 Å². The van der Waals surface area contributed by atoms with Crippen LogP contribution in [0.25, 0.3) is 0 Å². The van der Waals surface area contributed by atoms with E-state index >= 15 is 0 Å². The molecule has 0 bridgehead atoms. The smallest absolute Gasteiger partial charge is 0.290 e. The third-order valence-corrected chi connectivity index (χ3v) is 0. The molecule has 0 aromatic heterocycles. The molecule has 0 saturated heterocycles. The SMILES string of the molecule is CC=N.O=CO. The molecule has 0 heterocycles. The van der Waals surface area contributed by atoms with Gasteiger partial charge in [0.25, 0.3) is 6.47 Å². The topological polar surface area (TPSA) is 61.2 Å². The Labute approximate surface area is 36.1 Å². The Balaban J connectivity index is 0. The summed E-state index contributed by atoms with van der Waals surface area (Å²) in [6, 6.07) is 0. The largest absolute Gasteiger partial charge is 0.483 e. The van der Waals surface area contributed by atoms with Gasteiger partial charge in [0.2, 0.25) is 0 Å². The minimum atomic E-state index is -0.250. The Kier molecular flexibility index (Phi) is 46.8. The monoisotopic (exact) mass is 89.0 g/mol. The molecule has 0 fully saturated rings. The van der Waals surface area contributed by atoms with E-state index in [0.717, 1.165) is 0 Å². The van der Waals surface area contributed by atoms with Crippen molar-refractivity contribution in [2.45, 2.75) is 6.92 Å². The fourth-order valence-corrected chi connectivity index (χ4v) is 0. The number of carboxylic acid groups (broad SMARTS) is 1. The van der Waals surface area contributed by atoms with Gasteiger partial charge in [-0.25, -0.2) is 0 Å². The molecule has 0 unspecified atom stereocenters. The molecule has 0 radical (unpaired) electrons. The summed E-state index contributed by atoms with van der Waals surface area (Å²) in [5.41, 5.74) is 0. The second-order valence-electron chi connectivity index (χ2n) is 0.394. The molecule has 0 aromatic carbocycles. The zero-order chi connectivity index (χ0) is 5.41. The first-order chi connectivity index (χ1) is 2.83.